The minimum Gasteiger partial charge on any atom is -0.463 e. The summed E-state index contributed by atoms with van der Waals surface area (Å²) in [5.41, 5.74) is 2.75. The van der Waals surface area contributed by atoms with Crippen molar-refractivity contribution in [3.63, 3.8) is 0 Å². The number of H-pyrrole nitrogens is 1. The Balaban J connectivity index is 1.95. The van der Waals surface area contributed by atoms with Crippen LogP contribution in [0.4, 0.5) is 0 Å². The van der Waals surface area contributed by atoms with E-state index in [2.05, 4.69) is 25.4 Å². The number of rotatable bonds is 2. The molecule has 7 nitrogen and oxygen atoms in total. The zero-order chi connectivity index (χ0) is 16.8. The standard InChI is InChI=1S/C17H9N5O2S/c23-16-15-14(20-22-21-16)13-10(9-3-1-5-18-8-9)7-11(19-17(13)25-15)12-4-2-6-24-12/h1-8H,(H,20,21,23). The molecule has 0 unspecified atom stereocenters. The van der Waals surface area contributed by atoms with Crippen molar-refractivity contribution in [2.45, 2.75) is 0 Å². The number of nitrogens with one attached hydrogen (secondary N) is 1. The van der Waals surface area contributed by atoms with Crippen LogP contribution in [0, 0.1) is 0 Å². The molecule has 5 aromatic rings. The molecule has 0 spiro atoms. The smallest absolute Gasteiger partial charge is 0.285 e. The molecule has 5 heterocycles. The predicted octanol–water partition coefficient (Wildman–Crippen LogP) is 3.25. The largest absolute Gasteiger partial charge is 0.463 e. The number of hydrogen-bond donors (Lipinski definition) is 1. The minimum absolute atomic E-state index is 0.273. The third kappa shape index (κ3) is 2.15. The van der Waals surface area contributed by atoms with Crippen molar-refractivity contribution < 1.29 is 4.42 Å². The molecule has 0 atom stereocenters. The maximum Gasteiger partial charge on any atom is 0.285 e. The molecule has 0 fully saturated rings. The summed E-state index contributed by atoms with van der Waals surface area (Å²) in [7, 11) is 0. The van der Waals surface area contributed by atoms with Crippen LogP contribution in [0.2, 0.25) is 0 Å². The number of nitrogens with zero attached hydrogens (tertiary/aromatic N) is 4. The Kier molecular flexibility index (Phi) is 2.98. The Labute approximate surface area is 144 Å². The molecule has 8 heteroatoms. The Morgan fingerprint density at radius 1 is 1.20 bits per heavy atom. The molecule has 25 heavy (non-hydrogen) atoms. The number of hydrogen-bond acceptors (Lipinski definition) is 7. The highest BCUT2D eigenvalue weighted by molar-refractivity contribution is 7.25. The molecule has 0 bridgehead atoms. The van der Waals surface area contributed by atoms with E-state index in [1.807, 2.05) is 30.3 Å². The number of furan rings is 1. The van der Waals surface area contributed by atoms with E-state index in [1.165, 1.54) is 11.3 Å². The van der Waals surface area contributed by atoms with E-state index >= 15 is 0 Å². The lowest BCUT2D eigenvalue weighted by Crippen LogP contribution is -2.07. The van der Waals surface area contributed by atoms with Crippen molar-refractivity contribution in [2.75, 3.05) is 0 Å². The van der Waals surface area contributed by atoms with E-state index in [1.54, 1.807) is 18.7 Å². The first-order chi connectivity index (χ1) is 12.3. The van der Waals surface area contributed by atoms with Crippen molar-refractivity contribution in [3.8, 4) is 22.6 Å². The van der Waals surface area contributed by atoms with E-state index in [9.17, 15) is 4.79 Å². The monoisotopic (exact) mass is 347 g/mol. The summed E-state index contributed by atoms with van der Waals surface area (Å²) in [5, 5.41) is 11.0. The minimum atomic E-state index is -0.273. The van der Waals surface area contributed by atoms with Gasteiger partial charge in [-0.25, -0.2) is 10.1 Å². The number of aromatic amines is 1. The number of fused-ring (bicyclic) bond motifs is 3. The van der Waals surface area contributed by atoms with Gasteiger partial charge in [-0.3, -0.25) is 9.78 Å². The Hall–Kier alpha value is -3.39. The van der Waals surface area contributed by atoms with Gasteiger partial charge in [0.1, 0.15) is 20.7 Å². The van der Waals surface area contributed by atoms with Crippen LogP contribution in [-0.4, -0.2) is 25.4 Å². The first kappa shape index (κ1) is 14.0. The predicted molar refractivity (Wildman–Crippen MR) is 94.3 cm³/mol. The van der Waals surface area contributed by atoms with Gasteiger partial charge in [-0.1, -0.05) is 11.3 Å². The third-order valence-electron chi connectivity index (χ3n) is 3.89. The average molecular weight is 347 g/mol. The van der Waals surface area contributed by atoms with Crippen LogP contribution in [0.5, 0.6) is 0 Å². The molecular weight excluding hydrogens is 338 g/mol. The number of aromatic nitrogens is 5. The molecule has 5 rings (SSSR count). The summed E-state index contributed by atoms with van der Waals surface area (Å²) in [5.74, 6) is 0.657. The molecule has 0 aliphatic carbocycles. The summed E-state index contributed by atoms with van der Waals surface area (Å²) < 4.78 is 5.99. The lowest BCUT2D eigenvalue weighted by molar-refractivity contribution is 0.580. The molecular formula is C17H9N5O2S. The second-order valence-electron chi connectivity index (χ2n) is 5.37. The highest BCUT2D eigenvalue weighted by Gasteiger charge is 2.18. The van der Waals surface area contributed by atoms with Crippen LogP contribution in [0.15, 0.2) is 58.2 Å². The normalized spacial score (nSPS) is 11.4. The SMILES string of the molecule is O=c1[nH]nnc2c1sc1nc(-c3ccco3)cc(-c3cccnc3)c12. The quantitative estimate of drug-likeness (QED) is 0.526. The molecule has 1 N–H and O–H groups in total. The van der Waals surface area contributed by atoms with Gasteiger partial charge in [0.2, 0.25) is 0 Å². The second-order valence-corrected chi connectivity index (χ2v) is 6.37. The molecule has 5 aromatic heterocycles. The topological polar surface area (TPSA) is 97.6 Å². The van der Waals surface area contributed by atoms with Crippen LogP contribution in [0.3, 0.4) is 0 Å². The van der Waals surface area contributed by atoms with Crippen molar-refractivity contribution in [3.05, 3.63) is 59.3 Å². The van der Waals surface area contributed by atoms with E-state index in [0.29, 0.717) is 26.5 Å². The van der Waals surface area contributed by atoms with E-state index in [4.69, 9.17) is 4.42 Å². The first-order valence-corrected chi connectivity index (χ1v) is 8.26. The van der Waals surface area contributed by atoms with Gasteiger partial charge in [-0.2, -0.15) is 0 Å². The van der Waals surface area contributed by atoms with E-state index in [0.717, 1.165) is 16.5 Å². The molecule has 0 saturated heterocycles. The zero-order valence-corrected chi connectivity index (χ0v) is 13.4. The van der Waals surface area contributed by atoms with Crippen molar-refractivity contribution in [1.82, 2.24) is 25.4 Å². The van der Waals surface area contributed by atoms with Gasteiger partial charge < -0.3 is 4.42 Å². The van der Waals surface area contributed by atoms with Gasteiger partial charge in [0.15, 0.2) is 5.76 Å². The van der Waals surface area contributed by atoms with Crippen LogP contribution in [-0.2, 0) is 0 Å². The first-order valence-electron chi connectivity index (χ1n) is 7.44. The highest BCUT2D eigenvalue weighted by Crippen LogP contribution is 2.38. The van der Waals surface area contributed by atoms with Gasteiger partial charge in [-0.15, -0.1) is 16.4 Å². The summed E-state index contributed by atoms with van der Waals surface area (Å²) >= 11 is 1.29. The number of thiophene rings is 1. The third-order valence-corrected chi connectivity index (χ3v) is 4.96. The average Bonchev–Trinajstić information content (AvgIpc) is 3.30. The van der Waals surface area contributed by atoms with Gasteiger partial charge in [0, 0.05) is 23.3 Å². The van der Waals surface area contributed by atoms with Crippen molar-refractivity contribution in [1.29, 1.82) is 0 Å². The van der Waals surface area contributed by atoms with Gasteiger partial charge in [-0.05, 0) is 29.8 Å². The summed E-state index contributed by atoms with van der Waals surface area (Å²) in [6, 6.07) is 9.40. The molecule has 0 aromatic carbocycles. The second kappa shape index (κ2) is 5.32. The van der Waals surface area contributed by atoms with Crippen LogP contribution < -0.4 is 5.56 Å². The maximum atomic E-state index is 12.1. The fraction of sp³-hybridized carbons (Fsp3) is 0. The summed E-state index contributed by atoms with van der Waals surface area (Å²) in [4.78, 5) is 21.7. The van der Waals surface area contributed by atoms with Crippen molar-refractivity contribution >= 4 is 31.8 Å². The van der Waals surface area contributed by atoms with Crippen molar-refractivity contribution in [2.24, 2.45) is 0 Å². The zero-order valence-electron chi connectivity index (χ0n) is 12.6. The Morgan fingerprint density at radius 3 is 2.96 bits per heavy atom. The fourth-order valence-electron chi connectivity index (χ4n) is 2.80. The molecule has 0 aliphatic rings. The van der Waals surface area contributed by atoms with E-state index in [-0.39, 0.29) is 5.56 Å². The fourth-order valence-corrected chi connectivity index (χ4v) is 3.83. The molecule has 0 aliphatic heterocycles. The summed E-state index contributed by atoms with van der Waals surface area (Å²) in [6.07, 6.45) is 5.09. The molecule has 0 saturated carbocycles. The van der Waals surface area contributed by atoms with E-state index < -0.39 is 0 Å². The highest BCUT2D eigenvalue weighted by atomic mass is 32.1. The van der Waals surface area contributed by atoms with Crippen LogP contribution >= 0.6 is 11.3 Å². The summed E-state index contributed by atoms with van der Waals surface area (Å²) in [6.45, 7) is 0. The molecule has 0 amide bonds. The molecule has 0 radical (unpaired) electrons. The van der Waals surface area contributed by atoms with Crippen LogP contribution in [0.25, 0.3) is 43.0 Å². The number of pyridine rings is 2. The molecule has 120 valence electrons. The van der Waals surface area contributed by atoms with Crippen LogP contribution in [0.1, 0.15) is 0 Å². The Morgan fingerprint density at radius 2 is 2.16 bits per heavy atom. The van der Waals surface area contributed by atoms with Gasteiger partial charge in [0.05, 0.1) is 6.26 Å². The lowest BCUT2D eigenvalue weighted by Gasteiger charge is -2.06. The van der Waals surface area contributed by atoms with Gasteiger partial charge in [0.25, 0.3) is 5.56 Å². The maximum absolute atomic E-state index is 12.1. The Bertz CT molecular complexity index is 1260. The lowest BCUT2D eigenvalue weighted by atomic mass is 10.0. The van der Waals surface area contributed by atoms with Gasteiger partial charge >= 0.3 is 0 Å².